The fourth-order valence-corrected chi connectivity index (χ4v) is 4.91. The number of carbonyl (C=O) groups is 1. The quantitative estimate of drug-likeness (QED) is 0.661. The summed E-state index contributed by atoms with van der Waals surface area (Å²) in [5.74, 6) is -0.324. The van der Waals surface area contributed by atoms with Crippen LogP contribution in [0.15, 0.2) is 47.4 Å². The Morgan fingerprint density at radius 3 is 2.48 bits per heavy atom. The number of para-hydroxylation sites is 1. The average molecular weight is 439 g/mol. The van der Waals surface area contributed by atoms with E-state index in [1.807, 2.05) is 48.9 Å². The summed E-state index contributed by atoms with van der Waals surface area (Å²) in [6.07, 6.45) is 2.66. The van der Waals surface area contributed by atoms with Crippen LogP contribution in [0.3, 0.4) is 0 Å². The number of hydrogen-bond donors (Lipinski definition) is 1. The van der Waals surface area contributed by atoms with Crippen LogP contribution in [0.25, 0.3) is 5.69 Å². The van der Waals surface area contributed by atoms with E-state index in [4.69, 9.17) is 0 Å². The van der Waals surface area contributed by atoms with E-state index in [0.717, 1.165) is 51.6 Å². The first-order valence-electron chi connectivity index (χ1n) is 10.2. The smallest absolute Gasteiger partial charge is 0.276 e. The van der Waals surface area contributed by atoms with Crippen LogP contribution in [0, 0.1) is 13.8 Å². The van der Waals surface area contributed by atoms with Crippen LogP contribution in [0.2, 0.25) is 0 Å². The van der Waals surface area contributed by atoms with Gasteiger partial charge < -0.3 is 5.32 Å². The Kier molecular flexibility index (Phi) is 5.45. The van der Waals surface area contributed by atoms with E-state index < -0.39 is 10.0 Å². The standard InChI is InChI=1S/C23H26N4O3S/c1-15-13-18(31(29,30)26(3)4)14-20(16(15)2)24-23(28)22-19-11-8-12-21(19)27(25-22)17-9-6-5-7-10-17/h5-7,9-10,13-14H,8,11-12H2,1-4H3,(H,24,28). The van der Waals surface area contributed by atoms with E-state index in [1.165, 1.54) is 20.2 Å². The minimum atomic E-state index is -3.62. The Morgan fingerprint density at radius 2 is 1.81 bits per heavy atom. The van der Waals surface area contributed by atoms with E-state index in [0.29, 0.717) is 11.4 Å². The number of benzene rings is 2. The molecule has 0 atom stereocenters. The fraction of sp³-hybridized carbons (Fsp3) is 0.304. The summed E-state index contributed by atoms with van der Waals surface area (Å²) in [6, 6.07) is 12.9. The lowest BCUT2D eigenvalue weighted by atomic mass is 10.1. The molecule has 0 aliphatic heterocycles. The lowest BCUT2D eigenvalue weighted by Crippen LogP contribution is -2.23. The Balaban J connectivity index is 1.73. The van der Waals surface area contributed by atoms with Gasteiger partial charge in [0.2, 0.25) is 10.0 Å². The average Bonchev–Trinajstić information content (AvgIpc) is 3.34. The second-order valence-corrected chi connectivity index (χ2v) is 10.2. The first-order chi connectivity index (χ1) is 14.7. The molecule has 31 heavy (non-hydrogen) atoms. The first kappa shape index (κ1) is 21.3. The zero-order valence-electron chi connectivity index (χ0n) is 18.1. The number of amides is 1. The zero-order valence-corrected chi connectivity index (χ0v) is 19.0. The highest BCUT2D eigenvalue weighted by molar-refractivity contribution is 7.89. The summed E-state index contributed by atoms with van der Waals surface area (Å²) in [4.78, 5) is 13.4. The molecular weight excluding hydrogens is 412 g/mol. The molecular formula is C23H26N4O3S. The van der Waals surface area contributed by atoms with Gasteiger partial charge in [-0.1, -0.05) is 18.2 Å². The third-order valence-electron chi connectivity index (χ3n) is 5.81. The Labute approximate surface area is 182 Å². The van der Waals surface area contributed by atoms with E-state index in [2.05, 4.69) is 10.4 Å². The zero-order chi connectivity index (χ0) is 22.3. The summed E-state index contributed by atoms with van der Waals surface area (Å²) < 4.78 is 28.2. The lowest BCUT2D eigenvalue weighted by molar-refractivity contribution is 0.102. The van der Waals surface area contributed by atoms with Gasteiger partial charge in [0.25, 0.3) is 5.91 Å². The number of anilines is 1. The van der Waals surface area contributed by atoms with Crippen LogP contribution < -0.4 is 5.32 Å². The number of nitrogens with zero attached hydrogens (tertiary/aromatic N) is 3. The van der Waals surface area contributed by atoms with Gasteiger partial charge in [0.15, 0.2) is 5.69 Å². The van der Waals surface area contributed by atoms with E-state index >= 15 is 0 Å². The number of aryl methyl sites for hydroxylation is 1. The highest BCUT2D eigenvalue weighted by atomic mass is 32.2. The molecule has 0 fully saturated rings. The third-order valence-corrected chi connectivity index (χ3v) is 7.61. The van der Waals surface area contributed by atoms with Crippen molar-refractivity contribution < 1.29 is 13.2 Å². The largest absolute Gasteiger partial charge is 0.320 e. The van der Waals surface area contributed by atoms with Crippen LogP contribution in [0.5, 0.6) is 0 Å². The molecule has 4 rings (SSSR count). The molecule has 1 aromatic heterocycles. The first-order valence-corrected chi connectivity index (χ1v) is 11.7. The monoisotopic (exact) mass is 438 g/mol. The van der Waals surface area contributed by atoms with Crippen LogP contribution >= 0.6 is 0 Å². The molecule has 0 unspecified atom stereocenters. The third kappa shape index (κ3) is 3.77. The highest BCUT2D eigenvalue weighted by Crippen LogP contribution is 2.30. The summed E-state index contributed by atoms with van der Waals surface area (Å²) in [6.45, 7) is 3.70. The maximum absolute atomic E-state index is 13.2. The van der Waals surface area contributed by atoms with Gasteiger partial charge in [0.1, 0.15) is 0 Å². The van der Waals surface area contributed by atoms with E-state index in [9.17, 15) is 13.2 Å². The topological polar surface area (TPSA) is 84.3 Å². The number of carbonyl (C=O) groups excluding carboxylic acids is 1. The summed E-state index contributed by atoms with van der Waals surface area (Å²) >= 11 is 0. The molecule has 1 amide bonds. The van der Waals surface area contributed by atoms with E-state index in [-0.39, 0.29) is 10.8 Å². The number of rotatable bonds is 5. The molecule has 0 radical (unpaired) electrons. The SMILES string of the molecule is Cc1cc(S(=O)(=O)N(C)C)cc(NC(=O)c2nn(-c3ccccc3)c3c2CCC3)c1C. The van der Waals surface area contributed by atoms with Gasteiger partial charge in [-0.05, 0) is 68.5 Å². The van der Waals surface area contributed by atoms with Crippen molar-refractivity contribution in [3.8, 4) is 5.69 Å². The molecule has 1 heterocycles. The molecule has 0 spiro atoms. The number of hydrogen-bond acceptors (Lipinski definition) is 4. The van der Waals surface area contributed by atoms with Crippen molar-refractivity contribution >= 4 is 21.6 Å². The predicted molar refractivity (Wildman–Crippen MR) is 120 cm³/mol. The molecule has 162 valence electrons. The highest BCUT2D eigenvalue weighted by Gasteiger charge is 2.28. The normalized spacial score (nSPS) is 13.5. The number of fused-ring (bicyclic) bond motifs is 1. The molecule has 2 aromatic carbocycles. The molecule has 1 aliphatic rings. The van der Waals surface area contributed by atoms with Gasteiger partial charge in [0.05, 0.1) is 10.6 Å². The van der Waals surface area contributed by atoms with Crippen LogP contribution in [0.1, 0.15) is 39.3 Å². The van der Waals surface area contributed by atoms with Crippen molar-refractivity contribution in [1.82, 2.24) is 14.1 Å². The van der Waals surface area contributed by atoms with Crippen LogP contribution in [-0.4, -0.2) is 42.5 Å². The van der Waals surface area contributed by atoms with Crippen molar-refractivity contribution in [2.45, 2.75) is 38.0 Å². The van der Waals surface area contributed by atoms with Crippen molar-refractivity contribution in [1.29, 1.82) is 0 Å². The molecule has 1 N–H and O–H groups in total. The van der Waals surface area contributed by atoms with Crippen molar-refractivity contribution in [2.24, 2.45) is 0 Å². The predicted octanol–water partition coefficient (Wildman–Crippen LogP) is 3.48. The molecule has 0 saturated heterocycles. The maximum Gasteiger partial charge on any atom is 0.276 e. The minimum Gasteiger partial charge on any atom is -0.320 e. The molecule has 7 nitrogen and oxygen atoms in total. The summed E-state index contributed by atoms with van der Waals surface area (Å²) in [5.41, 5.74) is 5.44. The Morgan fingerprint density at radius 1 is 1.10 bits per heavy atom. The molecule has 0 saturated carbocycles. The Hall–Kier alpha value is -2.97. The van der Waals surface area contributed by atoms with Gasteiger partial charge >= 0.3 is 0 Å². The van der Waals surface area contributed by atoms with Crippen LogP contribution in [0.4, 0.5) is 5.69 Å². The van der Waals surface area contributed by atoms with Gasteiger partial charge in [-0.2, -0.15) is 5.10 Å². The number of nitrogens with one attached hydrogen (secondary N) is 1. The molecule has 8 heteroatoms. The van der Waals surface area contributed by atoms with E-state index in [1.54, 1.807) is 6.07 Å². The molecule has 1 aliphatic carbocycles. The van der Waals surface area contributed by atoms with Crippen molar-refractivity contribution in [3.63, 3.8) is 0 Å². The van der Waals surface area contributed by atoms with Crippen LogP contribution in [-0.2, 0) is 22.9 Å². The minimum absolute atomic E-state index is 0.149. The van der Waals surface area contributed by atoms with Gasteiger partial charge in [0, 0.05) is 31.0 Å². The second kappa shape index (κ2) is 7.94. The maximum atomic E-state index is 13.2. The van der Waals surface area contributed by atoms with Gasteiger partial charge in [-0.3, -0.25) is 4.79 Å². The van der Waals surface area contributed by atoms with Gasteiger partial charge in [-0.15, -0.1) is 0 Å². The van der Waals surface area contributed by atoms with Gasteiger partial charge in [-0.25, -0.2) is 17.4 Å². The molecule has 3 aromatic rings. The lowest BCUT2D eigenvalue weighted by Gasteiger charge is -2.16. The fourth-order valence-electron chi connectivity index (χ4n) is 3.90. The summed E-state index contributed by atoms with van der Waals surface area (Å²) in [5, 5.41) is 7.54. The number of sulfonamides is 1. The Bertz CT molecular complexity index is 1260. The van der Waals surface area contributed by atoms with Crippen molar-refractivity contribution in [3.05, 3.63) is 70.5 Å². The second-order valence-electron chi connectivity index (χ2n) is 8.03. The number of aromatic nitrogens is 2. The van der Waals surface area contributed by atoms with Crippen molar-refractivity contribution in [2.75, 3.05) is 19.4 Å². The summed E-state index contributed by atoms with van der Waals surface area (Å²) in [7, 11) is -0.641. The molecule has 0 bridgehead atoms.